The van der Waals surface area contributed by atoms with Crippen molar-refractivity contribution in [3.8, 4) is 11.1 Å². The molecule has 2 atom stereocenters. The maximum atomic E-state index is 14.2. The van der Waals surface area contributed by atoms with Gasteiger partial charge in [0, 0.05) is 0 Å². The van der Waals surface area contributed by atoms with Gasteiger partial charge in [-0.15, -0.1) is 0 Å². The minimum absolute atomic E-state index is 0.0271. The van der Waals surface area contributed by atoms with Crippen molar-refractivity contribution < 1.29 is 18.3 Å². The Morgan fingerprint density at radius 3 is 2.57 bits per heavy atom. The van der Waals surface area contributed by atoms with Gasteiger partial charge in [-0.2, -0.15) is 0 Å². The molecule has 23 heavy (non-hydrogen) atoms. The lowest BCUT2D eigenvalue weighted by atomic mass is 9.93. The topological polar surface area (TPSA) is 26.3 Å². The summed E-state index contributed by atoms with van der Waals surface area (Å²) in [6.45, 7) is 3.98. The minimum Gasteiger partial charge on any atom is -0.466 e. The molecule has 0 aliphatic heterocycles. The van der Waals surface area contributed by atoms with E-state index in [4.69, 9.17) is 4.74 Å². The third-order valence-corrected chi connectivity index (χ3v) is 4.22. The molecule has 0 unspecified atom stereocenters. The molecule has 1 aliphatic carbocycles. The number of carbonyl (C=O) groups is 1. The average Bonchev–Trinajstić information content (AvgIpc) is 3.28. The fourth-order valence-corrected chi connectivity index (χ4v) is 3.01. The largest absolute Gasteiger partial charge is 0.466 e. The first-order valence-corrected chi connectivity index (χ1v) is 7.74. The molecule has 1 fully saturated rings. The van der Waals surface area contributed by atoms with Crippen LogP contribution in [0.15, 0.2) is 36.4 Å². The predicted molar refractivity (Wildman–Crippen MR) is 84.0 cm³/mol. The minimum atomic E-state index is -0.592. The summed E-state index contributed by atoms with van der Waals surface area (Å²) in [7, 11) is 0. The predicted octanol–water partition coefficient (Wildman–Crippen LogP) is 4.61. The molecule has 120 valence electrons. The molecule has 0 amide bonds. The smallest absolute Gasteiger partial charge is 0.309 e. The highest BCUT2D eigenvalue weighted by molar-refractivity contribution is 5.80. The normalized spacial score (nSPS) is 19.5. The van der Waals surface area contributed by atoms with Crippen LogP contribution in [0.5, 0.6) is 0 Å². The highest BCUT2D eigenvalue weighted by atomic mass is 19.1. The third-order valence-electron chi connectivity index (χ3n) is 4.22. The Bertz CT molecular complexity index is 735. The van der Waals surface area contributed by atoms with Crippen LogP contribution in [0.25, 0.3) is 11.1 Å². The van der Waals surface area contributed by atoms with Crippen LogP contribution >= 0.6 is 0 Å². The molecule has 0 radical (unpaired) electrons. The van der Waals surface area contributed by atoms with E-state index in [1.54, 1.807) is 13.0 Å². The van der Waals surface area contributed by atoms with Crippen molar-refractivity contribution in [3.05, 3.63) is 59.2 Å². The third kappa shape index (κ3) is 2.98. The van der Waals surface area contributed by atoms with Crippen LogP contribution in [0.3, 0.4) is 0 Å². The first-order valence-electron chi connectivity index (χ1n) is 7.74. The molecule has 2 nitrogen and oxygen atoms in total. The lowest BCUT2D eigenvalue weighted by molar-refractivity contribution is -0.144. The van der Waals surface area contributed by atoms with Crippen LogP contribution in [-0.4, -0.2) is 12.6 Å². The fourth-order valence-electron chi connectivity index (χ4n) is 3.01. The van der Waals surface area contributed by atoms with Gasteiger partial charge in [-0.05, 0) is 49.4 Å². The van der Waals surface area contributed by atoms with Gasteiger partial charge >= 0.3 is 5.97 Å². The van der Waals surface area contributed by atoms with E-state index in [2.05, 4.69) is 0 Å². The van der Waals surface area contributed by atoms with Crippen LogP contribution in [0.2, 0.25) is 0 Å². The molecule has 0 spiro atoms. The number of benzene rings is 2. The van der Waals surface area contributed by atoms with Crippen molar-refractivity contribution in [2.75, 3.05) is 6.61 Å². The lowest BCUT2D eigenvalue weighted by Crippen LogP contribution is -2.07. The summed E-state index contributed by atoms with van der Waals surface area (Å²) in [5.41, 5.74) is 2.22. The molecule has 2 aromatic rings. The lowest BCUT2D eigenvalue weighted by Gasteiger charge is -2.13. The maximum Gasteiger partial charge on any atom is 0.309 e. The second-order valence-electron chi connectivity index (χ2n) is 5.89. The number of esters is 1. The number of aryl methyl sites for hydroxylation is 1. The van der Waals surface area contributed by atoms with Crippen molar-refractivity contribution in [2.24, 2.45) is 5.92 Å². The van der Waals surface area contributed by atoms with Gasteiger partial charge in [-0.3, -0.25) is 4.79 Å². The zero-order valence-electron chi connectivity index (χ0n) is 13.1. The summed E-state index contributed by atoms with van der Waals surface area (Å²) < 4.78 is 33.4. The molecule has 0 N–H and O–H groups in total. The van der Waals surface area contributed by atoms with E-state index in [1.807, 2.05) is 19.1 Å². The number of carbonyl (C=O) groups excluding carboxylic acids is 1. The molecule has 1 saturated carbocycles. The van der Waals surface area contributed by atoms with E-state index in [0.717, 1.165) is 11.1 Å². The zero-order chi connectivity index (χ0) is 16.6. The van der Waals surface area contributed by atoms with Gasteiger partial charge in [0.2, 0.25) is 0 Å². The number of ether oxygens (including phenoxy) is 1. The second kappa shape index (κ2) is 6.11. The Hall–Kier alpha value is -2.23. The molecule has 2 aromatic carbocycles. The first-order chi connectivity index (χ1) is 11.0. The summed E-state index contributed by atoms with van der Waals surface area (Å²) in [6, 6.07) is 9.39. The summed E-state index contributed by atoms with van der Waals surface area (Å²) >= 11 is 0. The monoisotopic (exact) mass is 316 g/mol. The van der Waals surface area contributed by atoms with E-state index < -0.39 is 11.6 Å². The quantitative estimate of drug-likeness (QED) is 0.770. The van der Waals surface area contributed by atoms with Crippen LogP contribution < -0.4 is 0 Å². The highest BCUT2D eigenvalue weighted by Crippen LogP contribution is 2.51. The zero-order valence-corrected chi connectivity index (χ0v) is 13.1. The van der Waals surface area contributed by atoms with Crippen molar-refractivity contribution in [1.29, 1.82) is 0 Å². The van der Waals surface area contributed by atoms with Crippen LogP contribution in [0.1, 0.15) is 30.4 Å². The Labute approximate surface area is 134 Å². The van der Waals surface area contributed by atoms with E-state index in [1.165, 1.54) is 18.2 Å². The number of rotatable bonds is 4. The fraction of sp³-hybridized carbons (Fsp3) is 0.316. The Morgan fingerprint density at radius 1 is 1.22 bits per heavy atom. The van der Waals surface area contributed by atoms with E-state index in [0.29, 0.717) is 18.6 Å². The number of hydrogen-bond acceptors (Lipinski definition) is 2. The number of halogens is 2. The summed E-state index contributed by atoms with van der Waals surface area (Å²) in [4.78, 5) is 11.9. The van der Waals surface area contributed by atoms with Gasteiger partial charge in [0.1, 0.15) is 11.6 Å². The van der Waals surface area contributed by atoms with Crippen LogP contribution in [0.4, 0.5) is 8.78 Å². The molecular weight excluding hydrogens is 298 g/mol. The second-order valence-corrected chi connectivity index (χ2v) is 5.89. The molecule has 0 heterocycles. The highest BCUT2D eigenvalue weighted by Gasteiger charge is 2.46. The molecule has 0 aromatic heterocycles. The van der Waals surface area contributed by atoms with Crippen LogP contribution in [0, 0.1) is 24.5 Å². The van der Waals surface area contributed by atoms with Crippen molar-refractivity contribution >= 4 is 5.97 Å². The summed E-state index contributed by atoms with van der Waals surface area (Å²) in [5.74, 6) is -1.68. The maximum absolute atomic E-state index is 14.2. The average molecular weight is 316 g/mol. The standard InChI is InChI=1S/C19H18F2O2/c1-3-23-19(22)15-10-13(15)12-8-7-11(2)9-14(12)18-16(20)5-4-6-17(18)21/h4-9,13,15H,3,10H2,1-2H3/t13-,15+/m0/s1. The van der Waals surface area contributed by atoms with Gasteiger partial charge in [0.05, 0.1) is 18.1 Å². The van der Waals surface area contributed by atoms with E-state index in [9.17, 15) is 13.6 Å². The molecule has 4 heteroatoms. The molecule has 0 bridgehead atoms. The molecule has 1 aliphatic rings. The van der Waals surface area contributed by atoms with Crippen LogP contribution in [-0.2, 0) is 9.53 Å². The Kier molecular flexibility index (Phi) is 4.16. The van der Waals surface area contributed by atoms with Gasteiger partial charge in [0.25, 0.3) is 0 Å². The molecule has 3 rings (SSSR count). The molecular formula is C19H18F2O2. The van der Waals surface area contributed by atoms with Crippen molar-refractivity contribution in [3.63, 3.8) is 0 Å². The molecule has 0 saturated heterocycles. The van der Waals surface area contributed by atoms with Gasteiger partial charge in [0.15, 0.2) is 0 Å². The van der Waals surface area contributed by atoms with Gasteiger partial charge in [-0.25, -0.2) is 8.78 Å². The van der Waals surface area contributed by atoms with Gasteiger partial charge < -0.3 is 4.74 Å². The number of hydrogen-bond donors (Lipinski definition) is 0. The Morgan fingerprint density at radius 2 is 1.91 bits per heavy atom. The SMILES string of the molecule is CCOC(=O)[C@@H]1C[C@H]1c1ccc(C)cc1-c1c(F)cccc1F. The van der Waals surface area contributed by atoms with Crippen molar-refractivity contribution in [2.45, 2.75) is 26.2 Å². The Balaban J connectivity index is 2.02. The van der Waals surface area contributed by atoms with Crippen molar-refractivity contribution in [1.82, 2.24) is 0 Å². The van der Waals surface area contributed by atoms with E-state index in [-0.39, 0.29) is 23.4 Å². The summed E-state index contributed by atoms with van der Waals surface area (Å²) in [6.07, 6.45) is 0.658. The summed E-state index contributed by atoms with van der Waals surface area (Å²) in [5, 5.41) is 0. The van der Waals surface area contributed by atoms with Gasteiger partial charge in [-0.1, -0.05) is 29.8 Å². The first kappa shape index (κ1) is 15.7. The van der Waals surface area contributed by atoms with E-state index >= 15 is 0 Å².